The van der Waals surface area contributed by atoms with Gasteiger partial charge in [0.05, 0.1) is 0 Å². The van der Waals surface area contributed by atoms with E-state index in [0.717, 1.165) is 17.8 Å². The minimum Gasteiger partial charge on any atom is -0.353 e. The summed E-state index contributed by atoms with van der Waals surface area (Å²) < 4.78 is 0. The van der Waals surface area contributed by atoms with Crippen molar-refractivity contribution in [3.05, 3.63) is 0 Å². The third-order valence-electron chi connectivity index (χ3n) is 6.10. The van der Waals surface area contributed by atoms with Crippen LogP contribution >= 0.6 is 0 Å². The van der Waals surface area contributed by atoms with Crippen molar-refractivity contribution in [3.63, 3.8) is 0 Å². The van der Waals surface area contributed by atoms with E-state index in [2.05, 4.69) is 26.1 Å². The highest BCUT2D eigenvalue weighted by Crippen LogP contribution is 2.62. The van der Waals surface area contributed by atoms with Crippen molar-refractivity contribution in [1.29, 1.82) is 0 Å². The fraction of sp³-hybridized carbons (Fsp3) is 0.941. The van der Waals surface area contributed by atoms with E-state index in [9.17, 15) is 4.79 Å². The quantitative estimate of drug-likeness (QED) is 0.828. The normalized spacial score (nSPS) is 42.2. The molecule has 19 heavy (non-hydrogen) atoms. The van der Waals surface area contributed by atoms with Gasteiger partial charge in [-0.2, -0.15) is 0 Å². The minimum absolute atomic E-state index is 0.352. The number of amides is 1. The van der Waals surface area contributed by atoms with Crippen molar-refractivity contribution in [2.24, 2.45) is 35.5 Å². The highest BCUT2D eigenvalue weighted by molar-refractivity contribution is 5.82. The summed E-state index contributed by atoms with van der Waals surface area (Å²) in [5, 5.41) is 3.34. The number of hydrogen-bond acceptors (Lipinski definition) is 1. The van der Waals surface area contributed by atoms with E-state index in [4.69, 9.17) is 0 Å². The van der Waals surface area contributed by atoms with Crippen LogP contribution in [0, 0.1) is 35.5 Å². The lowest BCUT2D eigenvalue weighted by atomic mass is 9.77. The van der Waals surface area contributed by atoms with Crippen molar-refractivity contribution >= 4 is 5.91 Å². The molecule has 0 saturated heterocycles. The average molecular weight is 263 g/mol. The highest BCUT2D eigenvalue weighted by atomic mass is 16.2. The largest absolute Gasteiger partial charge is 0.353 e. The smallest absolute Gasteiger partial charge is 0.223 e. The molecule has 3 saturated carbocycles. The summed E-state index contributed by atoms with van der Waals surface area (Å²) in [6.07, 6.45) is 7.68. The number of rotatable bonds is 3. The van der Waals surface area contributed by atoms with Crippen LogP contribution in [0.1, 0.15) is 59.3 Å². The van der Waals surface area contributed by atoms with Crippen molar-refractivity contribution in [2.75, 3.05) is 0 Å². The second kappa shape index (κ2) is 5.10. The molecule has 5 atom stereocenters. The lowest BCUT2D eigenvalue weighted by molar-refractivity contribution is -0.123. The van der Waals surface area contributed by atoms with Crippen molar-refractivity contribution < 1.29 is 4.79 Å². The number of nitrogens with one attached hydrogen (secondary N) is 1. The Hall–Kier alpha value is -0.530. The molecule has 0 bridgehead atoms. The van der Waals surface area contributed by atoms with Gasteiger partial charge in [-0.3, -0.25) is 4.79 Å². The molecular weight excluding hydrogens is 234 g/mol. The Balaban J connectivity index is 1.63. The third-order valence-corrected chi connectivity index (χ3v) is 6.10. The first-order valence-corrected chi connectivity index (χ1v) is 8.40. The Labute approximate surface area is 117 Å². The first-order valence-electron chi connectivity index (χ1n) is 8.40. The summed E-state index contributed by atoms with van der Waals surface area (Å²) in [5.41, 5.74) is 0. The molecule has 0 spiro atoms. The number of hydrogen-bond donors (Lipinski definition) is 1. The fourth-order valence-corrected chi connectivity index (χ4v) is 4.98. The fourth-order valence-electron chi connectivity index (χ4n) is 4.98. The molecule has 3 aliphatic carbocycles. The molecule has 5 unspecified atom stereocenters. The monoisotopic (exact) mass is 263 g/mol. The van der Waals surface area contributed by atoms with Crippen LogP contribution in [-0.4, -0.2) is 11.9 Å². The van der Waals surface area contributed by atoms with Gasteiger partial charge in [-0.25, -0.2) is 0 Å². The van der Waals surface area contributed by atoms with Crippen LogP contribution in [0.3, 0.4) is 0 Å². The topological polar surface area (TPSA) is 29.1 Å². The molecule has 0 heterocycles. The Morgan fingerprint density at radius 3 is 2.37 bits per heavy atom. The summed E-state index contributed by atoms with van der Waals surface area (Å²) in [6.45, 7) is 7.03. The molecule has 1 amide bonds. The zero-order chi connectivity index (χ0) is 13.6. The van der Waals surface area contributed by atoms with Gasteiger partial charge in [0.25, 0.3) is 0 Å². The maximum atomic E-state index is 12.5. The zero-order valence-electron chi connectivity index (χ0n) is 12.7. The third kappa shape index (κ3) is 2.43. The number of carbonyl (C=O) groups excluding carboxylic acids is 1. The minimum atomic E-state index is 0.352. The van der Waals surface area contributed by atoms with Crippen LogP contribution in [-0.2, 0) is 4.79 Å². The van der Waals surface area contributed by atoms with Crippen LogP contribution in [0.15, 0.2) is 0 Å². The van der Waals surface area contributed by atoms with E-state index in [0.29, 0.717) is 29.7 Å². The van der Waals surface area contributed by atoms with E-state index >= 15 is 0 Å². The van der Waals surface area contributed by atoms with E-state index in [-0.39, 0.29) is 0 Å². The van der Waals surface area contributed by atoms with Gasteiger partial charge in [0.2, 0.25) is 5.91 Å². The summed E-state index contributed by atoms with van der Waals surface area (Å²) in [4.78, 5) is 12.5. The second-order valence-corrected chi connectivity index (χ2v) is 7.63. The van der Waals surface area contributed by atoms with Crippen LogP contribution in [0.4, 0.5) is 0 Å². The van der Waals surface area contributed by atoms with E-state index in [1.807, 2.05) is 0 Å². The maximum Gasteiger partial charge on any atom is 0.223 e. The first-order chi connectivity index (χ1) is 9.09. The lowest BCUT2D eigenvalue weighted by Gasteiger charge is -2.28. The molecule has 3 aliphatic rings. The maximum absolute atomic E-state index is 12.5. The highest BCUT2D eigenvalue weighted by Gasteiger charge is 2.61. The van der Waals surface area contributed by atoms with Gasteiger partial charge in [-0.15, -0.1) is 0 Å². The molecule has 1 N–H and O–H groups in total. The summed E-state index contributed by atoms with van der Waals surface area (Å²) in [7, 11) is 0. The molecule has 3 rings (SSSR count). The average Bonchev–Trinajstić information content (AvgIpc) is 2.91. The van der Waals surface area contributed by atoms with Crippen LogP contribution in [0.2, 0.25) is 0 Å². The predicted molar refractivity (Wildman–Crippen MR) is 77.6 cm³/mol. The van der Waals surface area contributed by atoms with Gasteiger partial charge in [0.1, 0.15) is 0 Å². The molecule has 0 aromatic rings. The first kappa shape index (κ1) is 13.5. The standard InChI is InChI=1S/C17H29NO/c1-10(2)13-9-8-11(3)14-15(13)16(14)17(19)18-12-6-4-5-7-12/h10-16H,4-9H2,1-3H3,(H,18,19). The van der Waals surface area contributed by atoms with Crippen LogP contribution in [0.25, 0.3) is 0 Å². The summed E-state index contributed by atoms with van der Waals surface area (Å²) >= 11 is 0. The Bertz CT molecular complexity index is 345. The van der Waals surface area contributed by atoms with Gasteiger partial charge in [0, 0.05) is 12.0 Å². The summed E-state index contributed by atoms with van der Waals surface area (Å²) in [6, 6.07) is 0.489. The van der Waals surface area contributed by atoms with Crippen LogP contribution in [0.5, 0.6) is 0 Å². The molecule has 0 radical (unpaired) electrons. The zero-order valence-corrected chi connectivity index (χ0v) is 12.7. The molecule has 108 valence electrons. The van der Waals surface area contributed by atoms with E-state index in [1.54, 1.807) is 0 Å². The lowest BCUT2D eigenvalue weighted by Crippen LogP contribution is -2.34. The van der Waals surface area contributed by atoms with E-state index < -0.39 is 0 Å². The molecule has 0 aromatic heterocycles. The molecule has 0 aromatic carbocycles. The molecule has 2 heteroatoms. The number of fused-ring (bicyclic) bond motifs is 1. The molecular formula is C17H29NO. The molecule has 3 fully saturated rings. The molecule has 0 aliphatic heterocycles. The van der Waals surface area contributed by atoms with Gasteiger partial charge < -0.3 is 5.32 Å². The number of carbonyl (C=O) groups is 1. The van der Waals surface area contributed by atoms with Gasteiger partial charge in [0.15, 0.2) is 0 Å². The van der Waals surface area contributed by atoms with Crippen molar-refractivity contribution in [1.82, 2.24) is 5.32 Å². The van der Waals surface area contributed by atoms with Gasteiger partial charge >= 0.3 is 0 Å². The van der Waals surface area contributed by atoms with E-state index in [1.165, 1.54) is 38.5 Å². The SMILES string of the molecule is CC(C)C1CCC(C)C2C(C(=O)NC3CCCC3)C12. The summed E-state index contributed by atoms with van der Waals surface area (Å²) in [5.74, 6) is 4.43. The van der Waals surface area contributed by atoms with Gasteiger partial charge in [-0.1, -0.05) is 40.0 Å². The van der Waals surface area contributed by atoms with Crippen molar-refractivity contribution in [2.45, 2.75) is 65.3 Å². The Morgan fingerprint density at radius 2 is 1.74 bits per heavy atom. The second-order valence-electron chi connectivity index (χ2n) is 7.63. The predicted octanol–water partition coefficient (Wildman–Crippen LogP) is 3.61. The Kier molecular flexibility index (Phi) is 3.61. The van der Waals surface area contributed by atoms with Crippen molar-refractivity contribution in [3.8, 4) is 0 Å². The molecule has 2 nitrogen and oxygen atoms in total. The van der Waals surface area contributed by atoms with Gasteiger partial charge in [-0.05, 0) is 48.9 Å². The Morgan fingerprint density at radius 1 is 1.05 bits per heavy atom. The van der Waals surface area contributed by atoms with Crippen LogP contribution < -0.4 is 5.32 Å².